The van der Waals surface area contributed by atoms with E-state index in [1.807, 2.05) is 0 Å². The van der Waals surface area contributed by atoms with Crippen LogP contribution in [0.5, 0.6) is 0 Å². The molecule has 0 aliphatic carbocycles. The molecule has 102 valence electrons. The molecule has 1 heterocycles. The molecule has 1 aliphatic heterocycles. The Morgan fingerprint density at radius 2 is 2.00 bits per heavy atom. The Bertz CT molecular complexity index is 179. The van der Waals surface area contributed by atoms with Crippen LogP contribution in [0, 0.1) is 5.92 Å². The number of rotatable bonds is 8. The topological polar surface area (TPSA) is 24.5 Å². The zero-order chi connectivity index (χ0) is 12.5. The minimum Gasteiger partial charge on any atom is -0.380 e. The standard InChI is InChI=1S/C14H30N2O/c1-4-5-11-17-12-8-15-13(2)14-6-9-16(3)10-7-14/h13-15H,4-12H2,1-3H3. The molecule has 1 N–H and O–H groups in total. The molecule has 3 nitrogen and oxygen atoms in total. The van der Waals surface area contributed by atoms with Crippen LogP contribution in [0.3, 0.4) is 0 Å². The van der Waals surface area contributed by atoms with Crippen molar-refractivity contribution in [1.82, 2.24) is 10.2 Å². The number of hydrogen-bond donors (Lipinski definition) is 1. The number of unbranched alkanes of at least 4 members (excludes halogenated alkanes) is 1. The highest BCUT2D eigenvalue weighted by Crippen LogP contribution is 2.19. The van der Waals surface area contributed by atoms with Gasteiger partial charge < -0.3 is 15.0 Å². The van der Waals surface area contributed by atoms with Crippen molar-refractivity contribution in [2.24, 2.45) is 5.92 Å². The monoisotopic (exact) mass is 242 g/mol. The van der Waals surface area contributed by atoms with E-state index in [1.54, 1.807) is 0 Å². The van der Waals surface area contributed by atoms with Gasteiger partial charge in [0.05, 0.1) is 6.61 Å². The summed E-state index contributed by atoms with van der Waals surface area (Å²) in [5.41, 5.74) is 0. The number of ether oxygens (including phenoxy) is 1. The summed E-state index contributed by atoms with van der Waals surface area (Å²) in [5, 5.41) is 3.60. The summed E-state index contributed by atoms with van der Waals surface area (Å²) in [4.78, 5) is 2.43. The average Bonchev–Trinajstić information content (AvgIpc) is 2.34. The first kappa shape index (κ1) is 14.9. The fourth-order valence-corrected chi connectivity index (χ4v) is 2.40. The molecule has 0 amide bonds. The normalized spacial score (nSPS) is 20.6. The Balaban J connectivity index is 1.99. The Labute approximate surface area is 107 Å². The van der Waals surface area contributed by atoms with Gasteiger partial charge in [0.15, 0.2) is 0 Å². The highest BCUT2D eigenvalue weighted by Gasteiger charge is 2.21. The predicted molar refractivity (Wildman–Crippen MR) is 73.4 cm³/mol. The Morgan fingerprint density at radius 3 is 2.65 bits per heavy atom. The molecule has 17 heavy (non-hydrogen) atoms. The van der Waals surface area contributed by atoms with Crippen LogP contribution in [0.25, 0.3) is 0 Å². The molecule has 1 saturated heterocycles. The molecule has 1 unspecified atom stereocenters. The fraction of sp³-hybridized carbons (Fsp3) is 1.00. The first-order valence-corrected chi connectivity index (χ1v) is 7.23. The van der Waals surface area contributed by atoms with Gasteiger partial charge >= 0.3 is 0 Å². The van der Waals surface area contributed by atoms with E-state index in [0.717, 1.165) is 25.7 Å². The lowest BCUT2D eigenvalue weighted by atomic mass is 9.90. The van der Waals surface area contributed by atoms with Crippen molar-refractivity contribution >= 4 is 0 Å². The molecule has 0 bridgehead atoms. The van der Waals surface area contributed by atoms with Crippen LogP contribution in [-0.4, -0.2) is 50.8 Å². The maximum Gasteiger partial charge on any atom is 0.0590 e. The summed E-state index contributed by atoms with van der Waals surface area (Å²) in [6, 6.07) is 0.637. The average molecular weight is 242 g/mol. The SMILES string of the molecule is CCCCOCCNC(C)C1CCN(C)CC1. The van der Waals surface area contributed by atoms with Crippen molar-refractivity contribution < 1.29 is 4.74 Å². The van der Waals surface area contributed by atoms with Crippen LogP contribution in [0.1, 0.15) is 39.5 Å². The van der Waals surface area contributed by atoms with Crippen molar-refractivity contribution in [2.75, 3.05) is 39.9 Å². The second kappa shape index (κ2) is 8.90. The van der Waals surface area contributed by atoms with Gasteiger partial charge in [-0.25, -0.2) is 0 Å². The molecular formula is C14H30N2O. The molecule has 1 aliphatic rings. The van der Waals surface area contributed by atoms with Crippen LogP contribution >= 0.6 is 0 Å². The van der Waals surface area contributed by atoms with Gasteiger partial charge in [0, 0.05) is 19.2 Å². The number of likely N-dealkylation sites (tertiary alicyclic amines) is 1. The third kappa shape index (κ3) is 6.39. The largest absolute Gasteiger partial charge is 0.380 e. The van der Waals surface area contributed by atoms with Crippen LogP contribution in [0.15, 0.2) is 0 Å². The molecule has 1 atom stereocenters. The highest BCUT2D eigenvalue weighted by molar-refractivity contribution is 4.78. The van der Waals surface area contributed by atoms with Crippen LogP contribution < -0.4 is 5.32 Å². The Hall–Kier alpha value is -0.120. The van der Waals surface area contributed by atoms with Gasteiger partial charge in [0.25, 0.3) is 0 Å². The molecule has 3 heteroatoms. The molecule has 0 radical (unpaired) electrons. The summed E-state index contributed by atoms with van der Waals surface area (Å²) < 4.78 is 5.56. The quantitative estimate of drug-likeness (QED) is 0.660. The lowest BCUT2D eigenvalue weighted by Crippen LogP contribution is -2.41. The molecule has 1 rings (SSSR count). The van der Waals surface area contributed by atoms with Gasteiger partial charge in [0.1, 0.15) is 0 Å². The van der Waals surface area contributed by atoms with Gasteiger partial charge in [-0.3, -0.25) is 0 Å². The van der Waals surface area contributed by atoms with E-state index in [-0.39, 0.29) is 0 Å². The molecule has 1 fully saturated rings. The highest BCUT2D eigenvalue weighted by atomic mass is 16.5. The van der Waals surface area contributed by atoms with Crippen LogP contribution in [-0.2, 0) is 4.74 Å². The summed E-state index contributed by atoms with van der Waals surface area (Å²) in [6.45, 7) is 9.80. The lowest BCUT2D eigenvalue weighted by Gasteiger charge is -2.33. The molecule has 0 aromatic rings. The number of nitrogens with one attached hydrogen (secondary N) is 1. The van der Waals surface area contributed by atoms with E-state index in [0.29, 0.717) is 6.04 Å². The van der Waals surface area contributed by atoms with Crippen molar-refractivity contribution in [3.8, 4) is 0 Å². The number of nitrogens with zero attached hydrogens (tertiary/aromatic N) is 1. The van der Waals surface area contributed by atoms with E-state index in [9.17, 15) is 0 Å². The third-order valence-corrected chi connectivity index (χ3v) is 3.83. The minimum absolute atomic E-state index is 0.637. The fourth-order valence-electron chi connectivity index (χ4n) is 2.40. The molecule has 0 saturated carbocycles. The maximum atomic E-state index is 5.56. The Kier molecular flexibility index (Phi) is 7.82. The van der Waals surface area contributed by atoms with E-state index in [4.69, 9.17) is 4.74 Å². The van der Waals surface area contributed by atoms with E-state index >= 15 is 0 Å². The second-order valence-electron chi connectivity index (χ2n) is 5.35. The molecule has 0 spiro atoms. The van der Waals surface area contributed by atoms with Crippen LogP contribution in [0.4, 0.5) is 0 Å². The predicted octanol–water partition coefficient (Wildman–Crippen LogP) is 2.12. The first-order chi connectivity index (χ1) is 8.24. The zero-order valence-electron chi connectivity index (χ0n) is 11.9. The van der Waals surface area contributed by atoms with E-state index < -0.39 is 0 Å². The zero-order valence-corrected chi connectivity index (χ0v) is 11.9. The van der Waals surface area contributed by atoms with E-state index in [1.165, 1.54) is 38.8 Å². The minimum atomic E-state index is 0.637. The van der Waals surface area contributed by atoms with Gasteiger partial charge in [-0.15, -0.1) is 0 Å². The van der Waals surface area contributed by atoms with Crippen molar-refractivity contribution in [3.05, 3.63) is 0 Å². The summed E-state index contributed by atoms with van der Waals surface area (Å²) >= 11 is 0. The number of piperidine rings is 1. The van der Waals surface area contributed by atoms with Gasteiger partial charge in [-0.2, -0.15) is 0 Å². The lowest BCUT2D eigenvalue weighted by molar-refractivity contribution is 0.125. The van der Waals surface area contributed by atoms with Crippen molar-refractivity contribution in [2.45, 2.75) is 45.6 Å². The van der Waals surface area contributed by atoms with Gasteiger partial charge in [-0.1, -0.05) is 13.3 Å². The van der Waals surface area contributed by atoms with Gasteiger partial charge in [-0.05, 0) is 52.2 Å². The second-order valence-corrected chi connectivity index (χ2v) is 5.35. The van der Waals surface area contributed by atoms with Crippen LogP contribution in [0.2, 0.25) is 0 Å². The Morgan fingerprint density at radius 1 is 1.29 bits per heavy atom. The molecular weight excluding hydrogens is 212 g/mol. The third-order valence-electron chi connectivity index (χ3n) is 3.83. The van der Waals surface area contributed by atoms with Crippen molar-refractivity contribution in [1.29, 1.82) is 0 Å². The first-order valence-electron chi connectivity index (χ1n) is 7.23. The van der Waals surface area contributed by atoms with E-state index in [2.05, 4.69) is 31.1 Å². The molecule has 0 aromatic heterocycles. The molecule has 0 aromatic carbocycles. The number of hydrogen-bond acceptors (Lipinski definition) is 3. The maximum absolute atomic E-state index is 5.56. The summed E-state index contributed by atoms with van der Waals surface area (Å²) in [6.07, 6.45) is 5.08. The van der Waals surface area contributed by atoms with Gasteiger partial charge in [0.2, 0.25) is 0 Å². The van der Waals surface area contributed by atoms with Crippen molar-refractivity contribution in [3.63, 3.8) is 0 Å². The summed E-state index contributed by atoms with van der Waals surface area (Å²) in [7, 11) is 2.22. The smallest absolute Gasteiger partial charge is 0.0590 e. The summed E-state index contributed by atoms with van der Waals surface area (Å²) in [5.74, 6) is 0.849.